The van der Waals surface area contributed by atoms with Crippen LogP contribution >= 0.6 is 15.9 Å². The Balaban J connectivity index is 2.10. The van der Waals surface area contributed by atoms with E-state index in [2.05, 4.69) is 15.9 Å². The number of halogens is 1. The standard InChI is InChI=1S/C16H17BrO3/c1-18-14-5-3-4-12(8-14)11-20-16-7-6-15(19-2)9-13(16)10-17/h3-9H,10-11H2,1-2H3. The molecule has 0 saturated carbocycles. The van der Waals surface area contributed by atoms with Crippen LogP contribution in [0.5, 0.6) is 17.2 Å². The maximum Gasteiger partial charge on any atom is 0.124 e. The summed E-state index contributed by atoms with van der Waals surface area (Å²) < 4.78 is 16.3. The second-order valence-electron chi connectivity index (χ2n) is 4.25. The Morgan fingerprint density at radius 2 is 1.70 bits per heavy atom. The molecule has 0 atom stereocenters. The molecule has 0 fully saturated rings. The Morgan fingerprint density at radius 3 is 2.40 bits per heavy atom. The topological polar surface area (TPSA) is 27.7 Å². The quantitative estimate of drug-likeness (QED) is 0.740. The minimum atomic E-state index is 0.504. The van der Waals surface area contributed by atoms with Gasteiger partial charge in [-0.05, 0) is 35.9 Å². The van der Waals surface area contributed by atoms with Crippen molar-refractivity contribution < 1.29 is 14.2 Å². The maximum atomic E-state index is 5.87. The Labute approximate surface area is 127 Å². The van der Waals surface area contributed by atoms with Gasteiger partial charge in [0.2, 0.25) is 0 Å². The molecule has 20 heavy (non-hydrogen) atoms. The van der Waals surface area contributed by atoms with Gasteiger partial charge in [0.15, 0.2) is 0 Å². The van der Waals surface area contributed by atoms with Gasteiger partial charge in [0.1, 0.15) is 23.9 Å². The molecule has 0 aromatic heterocycles. The zero-order valence-corrected chi connectivity index (χ0v) is 13.1. The van der Waals surface area contributed by atoms with Gasteiger partial charge in [0.25, 0.3) is 0 Å². The largest absolute Gasteiger partial charge is 0.497 e. The van der Waals surface area contributed by atoms with Crippen LogP contribution in [-0.2, 0) is 11.9 Å². The molecule has 106 valence electrons. The summed E-state index contributed by atoms with van der Waals surface area (Å²) in [5, 5.41) is 0.720. The second-order valence-corrected chi connectivity index (χ2v) is 4.81. The van der Waals surface area contributed by atoms with Crippen molar-refractivity contribution in [2.24, 2.45) is 0 Å². The van der Waals surface area contributed by atoms with E-state index in [9.17, 15) is 0 Å². The minimum Gasteiger partial charge on any atom is -0.497 e. The fourth-order valence-corrected chi connectivity index (χ4v) is 2.29. The summed E-state index contributed by atoms with van der Waals surface area (Å²) in [4.78, 5) is 0. The molecule has 0 aliphatic rings. The molecular formula is C16H17BrO3. The number of benzene rings is 2. The van der Waals surface area contributed by atoms with Crippen molar-refractivity contribution in [2.45, 2.75) is 11.9 Å². The van der Waals surface area contributed by atoms with E-state index in [0.29, 0.717) is 6.61 Å². The van der Waals surface area contributed by atoms with Crippen molar-refractivity contribution in [3.8, 4) is 17.2 Å². The molecule has 0 bridgehead atoms. The molecule has 0 N–H and O–H groups in total. The second kappa shape index (κ2) is 7.20. The summed E-state index contributed by atoms with van der Waals surface area (Å²) in [5.74, 6) is 2.51. The van der Waals surface area contributed by atoms with Gasteiger partial charge in [-0.15, -0.1) is 0 Å². The Kier molecular flexibility index (Phi) is 5.30. The molecule has 2 rings (SSSR count). The predicted octanol–water partition coefficient (Wildman–Crippen LogP) is 4.18. The fraction of sp³-hybridized carbons (Fsp3) is 0.250. The molecule has 0 radical (unpaired) electrons. The Hall–Kier alpha value is -1.68. The number of rotatable bonds is 6. The van der Waals surface area contributed by atoms with Gasteiger partial charge in [0.05, 0.1) is 14.2 Å². The summed E-state index contributed by atoms with van der Waals surface area (Å²) in [5.41, 5.74) is 2.13. The number of ether oxygens (including phenoxy) is 3. The van der Waals surface area contributed by atoms with E-state index in [1.165, 1.54) is 0 Å². The molecule has 2 aromatic rings. The first-order chi connectivity index (χ1) is 9.76. The number of hydrogen-bond acceptors (Lipinski definition) is 3. The fourth-order valence-electron chi connectivity index (χ4n) is 1.85. The van der Waals surface area contributed by atoms with E-state index in [0.717, 1.165) is 33.7 Å². The molecule has 0 saturated heterocycles. The highest BCUT2D eigenvalue weighted by Gasteiger charge is 2.05. The van der Waals surface area contributed by atoms with Crippen molar-refractivity contribution in [2.75, 3.05) is 14.2 Å². The van der Waals surface area contributed by atoms with Crippen LogP contribution in [0.2, 0.25) is 0 Å². The Bertz CT molecular complexity index is 569. The van der Waals surface area contributed by atoms with Gasteiger partial charge in [0, 0.05) is 10.9 Å². The van der Waals surface area contributed by atoms with Gasteiger partial charge in [-0.3, -0.25) is 0 Å². The van der Waals surface area contributed by atoms with E-state index < -0.39 is 0 Å². The number of hydrogen-bond donors (Lipinski definition) is 0. The summed E-state index contributed by atoms with van der Waals surface area (Å²) in [6.45, 7) is 0.504. The van der Waals surface area contributed by atoms with E-state index >= 15 is 0 Å². The van der Waals surface area contributed by atoms with Gasteiger partial charge in [-0.25, -0.2) is 0 Å². The zero-order chi connectivity index (χ0) is 14.4. The first-order valence-electron chi connectivity index (χ1n) is 6.25. The smallest absolute Gasteiger partial charge is 0.124 e. The van der Waals surface area contributed by atoms with Gasteiger partial charge in [-0.2, -0.15) is 0 Å². The van der Waals surface area contributed by atoms with Crippen molar-refractivity contribution in [1.29, 1.82) is 0 Å². The highest BCUT2D eigenvalue weighted by atomic mass is 79.9. The monoisotopic (exact) mass is 336 g/mol. The maximum absolute atomic E-state index is 5.87. The van der Waals surface area contributed by atoms with E-state index in [1.807, 2.05) is 42.5 Å². The average molecular weight is 337 g/mol. The first kappa shape index (κ1) is 14.7. The summed E-state index contributed by atoms with van der Waals surface area (Å²) >= 11 is 3.47. The van der Waals surface area contributed by atoms with Gasteiger partial charge < -0.3 is 14.2 Å². The van der Waals surface area contributed by atoms with Crippen LogP contribution in [0.4, 0.5) is 0 Å². The lowest BCUT2D eigenvalue weighted by molar-refractivity contribution is 0.302. The van der Waals surface area contributed by atoms with Crippen LogP contribution in [-0.4, -0.2) is 14.2 Å². The molecule has 0 unspecified atom stereocenters. The first-order valence-corrected chi connectivity index (χ1v) is 7.37. The normalized spacial score (nSPS) is 10.2. The lowest BCUT2D eigenvalue weighted by atomic mass is 10.2. The highest BCUT2D eigenvalue weighted by Crippen LogP contribution is 2.27. The molecule has 0 amide bonds. The molecule has 4 heteroatoms. The lowest BCUT2D eigenvalue weighted by Gasteiger charge is -2.12. The molecule has 3 nitrogen and oxygen atoms in total. The van der Waals surface area contributed by atoms with Crippen LogP contribution in [0, 0.1) is 0 Å². The van der Waals surface area contributed by atoms with Crippen LogP contribution in [0.25, 0.3) is 0 Å². The summed E-state index contributed by atoms with van der Waals surface area (Å²) in [6, 6.07) is 13.6. The third-order valence-electron chi connectivity index (χ3n) is 2.94. The summed E-state index contributed by atoms with van der Waals surface area (Å²) in [7, 11) is 3.32. The van der Waals surface area contributed by atoms with E-state index in [4.69, 9.17) is 14.2 Å². The highest BCUT2D eigenvalue weighted by molar-refractivity contribution is 9.08. The van der Waals surface area contributed by atoms with Crippen molar-refractivity contribution in [3.05, 3.63) is 53.6 Å². The van der Waals surface area contributed by atoms with E-state index in [-0.39, 0.29) is 0 Å². The summed E-state index contributed by atoms with van der Waals surface area (Å²) in [6.07, 6.45) is 0. The zero-order valence-electron chi connectivity index (χ0n) is 11.6. The molecule has 0 aliphatic heterocycles. The van der Waals surface area contributed by atoms with Crippen LogP contribution in [0.15, 0.2) is 42.5 Å². The number of alkyl halides is 1. The third kappa shape index (κ3) is 3.67. The van der Waals surface area contributed by atoms with Crippen LogP contribution in [0.1, 0.15) is 11.1 Å². The third-order valence-corrected chi connectivity index (χ3v) is 3.54. The minimum absolute atomic E-state index is 0.504. The SMILES string of the molecule is COc1cccc(COc2ccc(OC)cc2CBr)c1. The predicted molar refractivity (Wildman–Crippen MR) is 83.0 cm³/mol. The van der Waals surface area contributed by atoms with E-state index in [1.54, 1.807) is 14.2 Å². The molecule has 0 heterocycles. The van der Waals surface area contributed by atoms with Crippen molar-refractivity contribution in [3.63, 3.8) is 0 Å². The average Bonchev–Trinajstić information content (AvgIpc) is 2.52. The van der Waals surface area contributed by atoms with Crippen molar-refractivity contribution in [1.82, 2.24) is 0 Å². The molecule has 0 aliphatic carbocycles. The van der Waals surface area contributed by atoms with Gasteiger partial charge in [-0.1, -0.05) is 28.1 Å². The van der Waals surface area contributed by atoms with Crippen LogP contribution < -0.4 is 14.2 Å². The van der Waals surface area contributed by atoms with Crippen molar-refractivity contribution >= 4 is 15.9 Å². The number of methoxy groups -OCH3 is 2. The Morgan fingerprint density at radius 1 is 0.950 bits per heavy atom. The molecule has 2 aromatic carbocycles. The molecule has 0 spiro atoms. The van der Waals surface area contributed by atoms with Crippen LogP contribution in [0.3, 0.4) is 0 Å². The lowest BCUT2D eigenvalue weighted by Crippen LogP contribution is -1.98. The molecular weight excluding hydrogens is 320 g/mol. The van der Waals surface area contributed by atoms with Gasteiger partial charge >= 0.3 is 0 Å².